The summed E-state index contributed by atoms with van der Waals surface area (Å²) < 4.78 is 0. The van der Waals surface area contributed by atoms with E-state index in [1.807, 2.05) is 12.1 Å². The normalized spacial score (nSPS) is 7.55. The van der Waals surface area contributed by atoms with Crippen LogP contribution in [0.2, 0.25) is 0 Å². The maximum absolute atomic E-state index is 3.60. The summed E-state index contributed by atoms with van der Waals surface area (Å²) in [5.41, 5.74) is 1.34. The average molecular weight is 227 g/mol. The van der Waals surface area contributed by atoms with E-state index in [1.54, 1.807) is 0 Å². The largest absolute Gasteiger partial charge is 2.00 e. The van der Waals surface area contributed by atoms with Gasteiger partial charge < -0.3 is 6.92 Å². The summed E-state index contributed by atoms with van der Waals surface area (Å²) in [5, 5.41) is 0. The Hall–Kier alpha value is 0.233. The van der Waals surface area contributed by atoms with Crippen molar-refractivity contribution in [2.24, 2.45) is 0 Å². The summed E-state index contributed by atoms with van der Waals surface area (Å²) in [5.74, 6) is 0. The summed E-state index contributed by atoms with van der Waals surface area (Å²) >= 11 is 0. The van der Waals surface area contributed by atoms with Gasteiger partial charge in [0.15, 0.2) is 0 Å². The molecule has 0 bridgehead atoms. The number of hydrogen-bond donors (Lipinski definition) is 0. The zero-order valence-electron chi connectivity index (χ0n) is 7.43. The van der Waals surface area contributed by atoms with Crippen molar-refractivity contribution in [2.75, 3.05) is 0 Å². The molecule has 0 aliphatic carbocycles. The van der Waals surface area contributed by atoms with Gasteiger partial charge in [0.2, 0.25) is 0 Å². The van der Waals surface area contributed by atoms with Gasteiger partial charge in [0.05, 0.1) is 0 Å². The number of aryl methyl sites for hydroxylation is 1. The number of unbranched alkanes of at least 4 members (excludes halogenated alkanes) is 1. The molecule has 0 aliphatic rings. The first kappa shape index (κ1) is 13.8. The second kappa shape index (κ2) is 10.2. The van der Waals surface area contributed by atoms with Crippen LogP contribution < -0.4 is 0 Å². The molecule has 60 valence electrons. The fourth-order valence-electron chi connectivity index (χ4n) is 0.470. The van der Waals surface area contributed by atoms with Crippen molar-refractivity contribution in [2.45, 2.75) is 26.7 Å². The van der Waals surface area contributed by atoms with Crippen LogP contribution in [0.15, 0.2) is 24.3 Å². The van der Waals surface area contributed by atoms with E-state index < -0.39 is 0 Å². The fraction of sp³-hybridized carbons (Fsp3) is 0.400. The van der Waals surface area contributed by atoms with E-state index in [0.717, 1.165) is 6.42 Å². The number of hydrogen-bond acceptors (Lipinski definition) is 0. The van der Waals surface area contributed by atoms with Crippen molar-refractivity contribution in [1.82, 2.24) is 0 Å². The van der Waals surface area contributed by atoms with Crippen LogP contribution in [0.25, 0.3) is 0 Å². The Bertz CT molecular complexity index is 129. The van der Waals surface area contributed by atoms with Crippen LogP contribution in [0.3, 0.4) is 0 Å². The van der Waals surface area contributed by atoms with Gasteiger partial charge in [-0.05, 0) is 0 Å². The first-order valence-corrected chi connectivity index (χ1v) is 3.78. The minimum atomic E-state index is 0. The van der Waals surface area contributed by atoms with Gasteiger partial charge in [-0.25, -0.2) is 12.1 Å². The van der Waals surface area contributed by atoms with Crippen molar-refractivity contribution in [1.29, 1.82) is 0 Å². The van der Waals surface area contributed by atoms with E-state index in [9.17, 15) is 0 Å². The molecular formula is C10H16Zr. The van der Waals surface area contributed by atoms with Crippen LogP contribution in [0.5, 0.6) is 0 Å². The third-order valence-electron chi connectivity index (χ3n) is 1.18. The SMILES string of the molecule is C[c-]1cccc1.[CH2-]CCC.[Zr+2]. The van der Waals surface area contributed by atoms with E-state index >= 15 is 0 Å². The van der Waals surface area contributed by atoms with Crippen molar-refractivity contribution in [3.05, 3.63) is 36.8 Å². The minimum absolute atomic E-state index is 0. The van der Waals surface area contributed by atoms with Crippen LogP contribution >= 0.6 is 0 Å². The quantitative estimate of drug-likeness (QED) is 0.646. The Kier molecular flexibility index (Phi) is 12.8. The second-order valence-corrected chi connectivity index (χ2v) is 2.32. The second-order valence-electron chi connectivity index (χ2n) is 2.32. The Balaban J connectivity index is 0. The Labute approximate surface area is 89.5 Å². The topological polar surface area (TPSA) is 0 Å². The molecule has 0 radical (unpaired) electrons. The molecule has 0 saturated heterocycles. The molecule has 0 fully saturated rings. The summed E-state index contributed by atoms with van der Waals surface area (Å²) in [6, 6.07) is 8.24. The van der Waals surface area contributed by atoms with Gasteiger partial charge in [-0.1, -0.05) is 20.3 Å². The maximum Gasteiger partial charge on any atom is 2.00 e. The summed E-state index contributed by atoms with van der Waals surface area (Å²) in [4.78, 5) is 0. The molecule has 0 N–H and O–H groups in total. The standard InChI is InChI=1S/C6H7.C4H9.Zr/c1-6-4-2-3-5-6;1-3-4-2;/h2-5H,1H3;1,3-4H2,2H3;/q2*-1;+2. The summed E-state index contributed by atoms with van der Waals surface area (Å²) in [6.07, 6.45) is 2.28. The molecular weight excluding hydrogens is 211 g/mol. The van der Waals surface area contributed by atoms with E-state index in [2.05, 4.69) is 32.9 Å². The molecule has 1 rings (SSSR count). The monoisotopic (exact) mass is 226 g/mol. The molecule has 0 aliphatic heterocycles. The zero-order valence-corrected chi connectivity index (χ0v) is 9.89. The molecule has 1 aromatic carbocycles. The molecule has 0 heterocycles. The van der Waals surface area contributed by atoms with Crippen LogP contribution in [0.4, 0.5) is 0 Å². The zero-order chi connectivity index (χ0) is 7.82. The van der Waals surface area contributed by atoms with Crippen LogP contribution in [0, 0.1) is 13.8 Å². The Morgan fingerprint density at radius 3 is 1.73 bits per heavy atom. The van der Waals surface area contributed by atoms with E-state index in [0.29, 0.717) is 0 Å². The van der Waals surface area contributed by atoms with Gasteiger partial charge >= 0.3 is 26.2 Å². The Morgan fingerprint density at radius 2 is 1.64 bits per heavy atom. The van der Waals surface area contributed by atoms with Gasteiger partial charge in [-0.3, -0.25) is 0 Å². The molecule has 11 heavy (non-hydrogen) atoms. The molecule has 0 amide bonds. The van der Waals surface area contributed by atoms with Crippen molar-refractivity contribution < 1.29 is 26.2 Å². The average Bonchev–Trinajstić information content (AvgIpc) is 2.40. The molecule has 1 aromatic rings. The van der Waals surface area contributed by atoms with E-state index in [-0.39, 0.29) is 26.2 Å². The third kappa shape index (κ3) is 10.2. The Morgan fingerprint density at radius 1 is 1.27 bits per heavy atom. The molecule has 0 atom stereocenters. The van der Waals surface area contributed by atoms with E-state index in [1.165, 1.54) is 12.0 Å². The first-order valence-electron chi connectivity index (χ1n) is 3.78. The molecule has 0 saturated carbocycles. The molecule has 1 heteroatoms. The van der Waals surface area contributed by atoms with Gasteiger partial charge in [-0.15, -0.1) is 0 Å². The fourth-order valence-corrected chi connectivity index (χ4v) is 0.470. The molecule has 0 unspecified atom stereocenters. The summed E-state index contributed by atoms with van der Waals surface area (Å²) in [7, 11) is 0. The van der Waals surface area contributed by atoms with Crippen LogP contribution in [-0.2, 0) is 26.2 Å². The number of rotatable bonds is 1. The molecule has 0 aromatic heterocycles. The smallest absolute Gasteiger partial charge is 0.343 e. The van der Waals surface area contributed by atoms with Crippen molar-refractivity contribution in [3.63, 3.8) is 0 Å². The van der Waals surface area contributed by atoms with Gasteiger partial charge in [0, 0.05) is 0 Å². The predicted molar refractivity (Wildman–Crippen MR) is 47.0 cm³/mol. The van der Waals surface area contributed by atoms with Crippen molar-refractivity contribution in [3.8, 4) is 0 Å². The predicted octanol–water partition coefficient (Wildman–Crippen LogP) is 3.33. The maximum atomic E-state index is 3.60. The van der Waals surface area contributed by atoms with Gasteiger partial charge in [0.25, 0.3) is 0 Å². The molecule has 0 nitrogen and oxygen atoms in total. The van der Waals surface area contributed by atoms with Gasteiger partial charge in [-0.2, -0.15) is 24.1 Å². The van der Waals surface area contributed by atoms with E-state index in [4.69, 9.17) is 0 Å². The van der Waals surface area contributed by atoms with Crippen LogP contribution in [-0.4, -0.2) is 0 Å². The first-order chi connectivity index (χ1) is 4.81. The molecule has 0 spiro atoms. The summed E-state index contributed by atoms with van der Waals surface area (Å²) in [6.45, 7) is 7.81. The van der Waals surface area contributed by atoms with Crippen LogP contribution in [0.1, 0.15) is 25.3 Å². The third-order valence-corrected chi connectivity index (χ3v) is 1.18. The minimum Gasteiger partial charge on any atom is -0.343 e. The van der Waals surface area contributed by atoms with Gasteiger partial charge in [0.1, 0.15) is 0 Å². The van der Waals surface area contributed by atoms with Crippen molar-refractivity contribution >= 4 is 0 Å².